The van der Waals surface area contributed by atoms with Gasteiger partial charge in [-0.05, 0) is 72.5 Å². The zero-order chi connectivity index (χ0) is 27.6. The average molecular weight is 543 g/mol. The third-order valence-electron chi connectivity index (χ3n) is 6.53. The summed E-state index contributed by atoms with van der Waals surface area (Å²) >= 11 is 0. The van der Waals surface area contributed by atoms with Crippen LogP contribution in [0.15, 0.2) is 79.0 Å². The van der Waals surface area contributed by atoms with Gasteiger partial charge in [-0.2, -0.15) is 0 Å². The van der Waals surface area contributed by atoms with Crippen molar-refractivity contribution in [3.05, 3.63) is 90.1 Å². The highest BCUT2D eigenvalue weighted by atomic mass is 31.2. The molecule has 0 radical (unpaired) electrons. The molecule has 0 aliphatic heterocycles. The Labute approximate surface area is 227 Å². The summed E-state index contributed by atoms with van der Waals surface area (Å²) in [4.78, 5) is 9.00. The molecule has 0 saturated carbocycles. The molecule has 5 rings (SSSR count). The van der Waals surface area contributed by atoms with E-state index in [9.17, 15) is 4.57 Å². The first-order chi connectivity index (χ1) is 18.7. The van der Waals surface area contributed by atoms with E-state index in [1.165, 1.54) is 0 Å². The van der Waals surface area contributed by atoms with Crippen molar-refractivity contribution in [2.45, 2.75) is 13.2 Å². The molecule has 2 N–H and O–H groups in total. The van der Waals surface area contributed by atoms with E-state index >= 15 is 0 Å². The van der Waals surface area contributed by atoms with Gasteiger partial charge in [0.1, 0.15) is 19.5 Å². The van der Waals surface area contributed by atoms with Gasteiger partial charge in [-0.3, -0.25) is 4.98 Å². The molecule has 0 spiro atoms. The van der Waals surface area contributed by atoms with Gasteiger partial charge in [0.2, 0.25) is 5.95 Å². The molecule has 9 heteroatoms. The summed E-state index contributed by atoms with van der Waals surface area (Å²) in [5, 5.41) is 0. The number of aromatic nitrogens is 3. The van der Waals surface area contributed by atoms with Crippen molar-refractivity contribution in [1.82, 2.24) is 14.5 Å². The van der Waals surface area contributed by atoms with E-state index in [1.54, 1.807) is 33.7 Å². The number of nitrogens with zero attached hydrogens (tertiary/aromatic N) is 3. The van der Waals surface area contributed by atoms with Gasteiger partial charge in [-0.1, -0.05) is 30.3 Å². The molecule has 0 fully saturated rings. The molecule has 200 valence electrons. The average Bonchev–Trinajstić information content (AvgIpc) is 3.25. The Bertz CT molecular complexity index is 1660. The minimum absolute atomic E-state index is 0.412. The lowest BCUT2D eigenvalue weighted by Crippen LogP contribution is -2.07. The highest BCUT2D eigenvalue weighted by Crippen LogP contribution is 2.34. The van der Waals surface area contributed by atoms with Gasteiger partial charge in [0.25, 0.3) is 0 Å². The number of hydrogen-bond acceptors (Lipinski definition) is 7. The molecule has 0 aliphatic carbocycles. The summed E-state index contributed by atoms with van der Waals surface area (Å²) < 4.78 is 31.1. The molecule has 2 aromatic heterocycles. The van der Waals surface area contributed by atoms with Gasteiger partial charge in [0, 0.05) is 11.8 Å². The summed E-state index contributed by atoms with van der Waals surface area (Å²) in [5.41, 5.74) is 12.6. The Kier molecular flexibility index (Phi) is 7.31. The number of nitrogens with two attached hydrogens (primary N) is 1. The molecule has 0 amide bonds. The molecule has 0 saturated heterocycles. The summed E-state index contributed by atoms with van der Waals surface area (Å²) in [6.45, 7) is 4.37. The molecule has 3 aromatic carbocycles. The van der Waals surface area contributed by atoms with Crippen LogP contribution >= 0.6 is 7.14 Å². The zero-order valence-electron chi connectivity index (χ0n) is 22.4. The minimum atomic E-state index is -2.40. The van der Waals surface area contributed by atoms with Crippen LogP contribution in [0.3, 0.4) is 0 Å². The highest BCUT2D eigenvalue weighted by Gasteiger charge is 2.15. The number of nitrogen functional groups attached to an aromatic ring is 1. The molecule has 39 heavy (non-hydrogen) atoms. The van der Waals surface area contributed by atoms with Crippen LogP contribution in [-0.2, 0) is 17.7 Å². The van der Waals surface area contributed by atoms with Gasteiger partial charge in [-0.25, -0.2) is 4.98 Å². The molecule has 0 atom stereocenters. The van der Waals surface area contributed by atoms with E-state index < -0.39 is 7.14 Å². The monoisotopic (exact) mass is 542 g/mol. The van der Waals surface area contributed by atoms with Gasteiger partial charge >= 0.3 is 0 Å². The van der Waals surface area contributed by atoms with Crippen molar-refractivity contribution < 1.29 is 18.8 Å². The smallest absolute Gasteiger partial charge is 0.201 e. The second-order valence-electron chi connectivity index (χ2n) is 9.64. The number of imidazole rings is 1. The summed E-state index contributed by atoms with van der Waals surface area (Å²) in [6, 6.07) is 23.4. The van der Waals surface area contributed by atoms with E-state index in [0.717, 1.165) is 39.0 Å². The van der Waals surface area contributed by atoms with Gasteiger partial charge in [0.05, 0.1) is 37.2 Å². The SMILES string of the molecule is COc1ccc(COc2ccc(Cn3c(N)nc4cc(-c5ccc(P(C)(C)=O)nc5)ccc43)cc2OC)cc1. The van der Waals surface area contributed by atoms with E-state index in [0.29, 0.717) is 36.0 Å². The van der Waals surface area contributed by atoms with Gasteiger partial charge in [-0.15, -0.1) is 0 Å². The molecule has 0 bridgehead atoms. The van der Waals surface area contributed by atoms with Crippen LogP contribution in [0.5, 0.6) is 17.2 Å². The Morgan fingerprint density at radius 2 is 1.59 bits per heavy atom. The maximum atomic E-state index is 12.3. The van der Waals surface area contributed by atoms with Crippen molar-refractivity contribution >= 4 is 29.6 Å². The van der Waals surface area contributed by atoms with Crippen LogP contribution < -0.4 is 25.4 Å². The Balaban J connectivity index is 1.34. The molecule has 0 unspecified atom stereocenters. The summed E-state index contributed by atoms with van der Waals surface area (Å²) in [6.07, 6.45) is 1.75. The highest BCUT2D eigenvalue weighted by molar-refractivity contribution is 7.69. The first-order valence-corrected chi connectivity index (χ1v) is 15.1. The van der Waals surface area contributed by atoms with Crippen molar-refractivity contribution in [2.75, 3.05) is 33.3 Å². The third-order valence-corrected chi connectivity index (χ3v) is 7.90. The van der Waals surface area contributed by atoms with Crippen LogP contribution in [0.1, 0.15) is 11.1 Å². The molecule has 2 heterocycles. The lowest BCUT2D eigenvalue weighted by atomic mass is 10.1. The number of methoxy groups -OCH3 is 2. The number of rotatable bonds is 9. The number of ether oxygens (including phenoxy) is 3. The topological polar surface area (TPSA) is 101 Å². The minimum Gasteiger partial charge on any atom is -0.497 e. The maximum Gasteiger partial charge on any atom is 0.201 e. The normalized spacial score (nSPS) is 11.5. The third kappa shape index (κ3) is 5.76. The van der Waals surface area contributed by atoms with Crippen molar-refractivity contribution in [1.29, 1.82) is 0 Å². The predicted octanol–water partition coefficient (Wildman–Crippen LogP) is 5.57. The second kappa shape index (κ2) is 10.8. The lowest BCUT2D eigenvalue weighted by Gasteiger charge is -2.14. The summed E-state index contributed by atoms with van der Waals surface area (Å²) in [7, 11) is 0.873. The first-order valence-electron chi connectivity index (χ1n) is 12.5. The number of fused-ring (bicyclic) bond motifs is 1. The number of pyridine rings is 1. The van der Waals surface area contributed by atoms with Crippen LogP contribution in [0.25, 0.3) is 22.2 Å². The Morgan fingerprint density at radius 3 is 2.26 bits per heavy atom. The Morgan fingerprint density at radius 1 is 0.846 bits per heavy atom. The summed E-state index contributed by atoms with van der Waals surface area (Å²) in [5.74, 6) is 2.53. The van der Waals surface area contributed by atoms with Gasteiger partial charge in [0.15, 0.2) is 11.5 Å². The molecule has 0 aliphatic rings. The van der Waals surface area contributed by atoms with E-state index in [2.05, 4.69) is 9.97 Å². The molecular formula is C30H31N4O4P. The largest absolute Gasteiger partial charge is 0.497 e. The van der Waals surface area contributed by atoms with Crippen LogP contribution in [0.2, 0.25) is 0 Å². The molecule has 5 aromatic rings. The molecular weight excluding hydrogens is 511 g/mol. The first kappa shape index (κ1) is 26.3. The van der Waals surface area contributed by atoms with Gasteiger partial charge < -0.3 is 29.1 Å². The fourth-order valence-corrected chi connectivity index (χ4v) is 5.13. The van der Waals surface area contributed by atoms with Crippen molar-refractivity contribution in [2.24, 2.45) is 0 Å². The number of benzene rings is 3. The van der Waals surface area contributed by atoms with E-state index in [-0.39, 0.29) is 0 Å². The standard InChI is InChI=1S/C30H31N4O4P/c1-36-24-10-5-20(6-11-24)19-38-27-13-7-21(15-28(27)37-2)18-34-26-12-8-22(16-25(26)33-30(34)31)23-9-14-29(32-17-23)39(3,4)35/h5-17H,18-19H2,1-4H3,(H2,31,33). The van der Waals surface area contributed by atoms with Crippen molar-refractivity contribution in [3.63, 3.8) is 0 Å². The lowest BCUT2D eigenvalue weighted by molar-refractivity contribution is 0.284. The number of hydrogen-bond donors (Lipinski definition) is 1. The maximum absolute atomic E-state index is 12.3. The predicted molar refractivity (Wildman–Crippen MR) is 156 cm³/mol. The zero-order valence-corrected chi connectivity index (χ0v) is 23.3. The van der Waals surface area contributed by atoms with Crippen LogP contribution in [0.4, 0.5) is 5.95 Å². The second-order valence-corrected chi connectivity index (χ2v) is 12.8. The quantitative estimate of drug-likeness (QED) is 0.243. The van der Waals surface area contributed by atoms with E-state index in [1.807, 2.05) is 77.4 Å². The molecule has 8 nitrogen and oxygen atoms in total. The van der Waals surface area contributed by atoms with Crippen LogP contribution in [0, 0.1) is 0 Å². The van der Waals surface area contributed by atoms with Crippen LogP contribution in [-0.4, -0.2) is 42.1 Å². The Hall–Kier alpha value is -4.29. The van der Waals surface area contributed by atoms with E-state index in [4.69, 9.17) is 19.9 Å². The van der Waals surface area contributed by atoms with Crippen molar-refractivity contribution in [3.8, 4) is 28.4 Å². The fourth-order valence-electron chi connectivity index (χ4n) is 4.36. The number of anilines is 1. The fraction of sp³-hybridized carbons (Fsp3) is 0.200.